The fraction of sp³-hybridized carbons (Fsp3) is 0.182. The molecule has 1 aromatic carbocycles. The Morgan fingerprint density at radius 1 is 1.47 bits per heavy atom. The molecule has 0 aliphatic carbocycles. The molecule has 0 fully saturated rings. The van der Waals surface area contributed by atoms with Gasteiger partial charge in [-0.1, -0.05) is 6.92 Å². The summed E-state index contributed by atoms with van der Waals surface area (Å²) in [6.07, 6.45) is 4.64. The Balaban J connectivity index is 2.54. The number of benzene rings is 1. The minimum atomic E-state index is 0.787. The molecular formula is C11H12IN3. The van der Waals surface area contributed by atoms with Crippen molar-refractivity contribution < 1.29 is 0 Å². The average molecular weight is 313 g/mol. The van der Waals surface area contributed by atoms with Crippen LogP contribution in [0.3, 0.4) is 0 Å². The van der Waals surface area contributed by atoms with Crippen molar-refractivity contribution >= 4 is 28.3 Å². The highest BCUT2D eigenvalue weighted by Crippen LogP contribution is 2.21. The van der Waals surface area contributed by atoms with E-state index >= 15 is 0 Å². The second-order valence-electron chi connectivity index (χ2n) is 3.27. The minimum absolute atomic E-state index is 0.787. The number of nitrogens with two attached hydrogens (primary N) is 1. The Kier molecular flexibility index (Phi) is 2.95. The molecule has 0 aliphatic heterocycles. The molecule has 0 amide bonds. The van der Waals surface area contributed by atoms with Crippen LogP contribution in [0.25, 0.3) is 5.69 Å². The topological polar surface area (TPSA) is 43.8 Å². The highest BCUT2D eigenvalue weighted by molar-refractivity contribution is 14.1. The molecule has 78 valence electrons. The van der Waals surface area contributed by atoms with Gasteiger partial charge in [-0.25, -0.2) is 4.98 Å². The number of rotatable bonds is 2. The van der Waals surface area contributed by atoms with Gasteiger partial charge in [0.2, 0.25) is 0 Å². The van der Waals surface area contributed by atoms with Gasteiger partial charge in [0.1, 0.15) is 5.82 Å². The van der Waals surface area contributed by atoms with Crippen molar-refractivity contribution in [2.24, 2.45) is 0 Å². The maximum atomic E-state index is 5.98. The number of imidazole rings is 1. The highest BCUT2D eigenvalue weighted by Gasteiger charge is 2.06. The van der Waals surface area contributed by atoms with Crippen LogP contribution in [-0.2, 0) is 6.42 Å². The predicted octanol–water partition coefficient (Wildman–Crippen LogP) is 2.62. The Bertz CT molecular complexity index is 476. The van der Waals surface area contributed by atoms with Gasteiger partial charge in [0.15, 0.2) is 0 Å². The van der Waals surface area contributed by atoms with Gasteiger partial charge >= 0.3 is 0 Å². The number of anilines is 1. The lowest BCUT2D eigenvalue weighted by molar-refractivity contribution is 0.892. The largest absolute Gasteiger partial charge is 0.397 e. The number of hydrogen-bond acceptors (Lipinski definition) is 2. The lowest BCUT2D eigenvalue weighted by Gasteiger charge is -2.09. The molecule has 0 bridgehead atoms. The van der Waals surface area contributed by atoms with E-state index in [2.05, 4.69) is 34.5 Å². The summed E-state index contributed by atoms with van der Waals surface area (Å²) in [5, 5.41) is 0. The number of aryl methyl sites for hydroxylation is 1. The van der Waals surface area contributed by atoms with E-state index in [9.17, 15) is 0 Å². The summed E-state index contributed by atoms with van der Waals surface area (Å²) < 4.78 is 3.18. The number of aromatic nitrogens is 2. The van der Waals surface area contributed by atoms with Crippen LogP contribution in [0.2, 0.25) is 0 Å². The maximum absolute atomic E-state index is 5.98. The number of halogens is 1. The Morgan fingerprint density at radius 2 is 2.27 bits per heavy atom. The highest BCUT2D eigenvalue weighted by atomic mass is 127. The first-order valence-corrected chi connectivity index (χ1v) is 5.88. The molecule has 0 aliphatic rings. The molecule has 1 aromatic heterocycles. The molecule has 0 saturated heterocycles. The smallest absolute Gasteiger partial charge is 0.112 e. The van der Waals surface area contributed by atoms with E-state index in [1.165, 1.54) is 0 Å². The first-order valence-electron chi connectivity index (χ1n) is 4.80. The van der Waals surface area contributed by atoms with E-state index in [0.29, 0.717) is 0 Å². The third-order valence-corrected chi connectivity index (χ3v) is 2.95. The quantitative estimate of drug-likeness (QED) is 0.684. The van der Waals surface area contributed by atoms with Gasteiger partial charge in [0.05, 0.1) is 11.4 Å². The third-order valence-electron chi connectivity index (χ3n) is 2.28. The zero-order valence-electron chi connectivity index (χ0n) is 8.44. The van der Waals surface area contributed by atoms with Crippen molar-refractivity contribution in [3.05, 3.63) is 40.0 Å². The Hall–Kier alpha value is -1.04. The molecule has 2 aromatic rings. The summed E-state index contributed by atoms with van der Waals surface area (Å²) in [5.74, 6) is 1.03. The van der Waals surface area contributed by atoms with Gasteiger partial charge in [0, 0.05) is 22.4 Å². The van der Waals surface area contributed by atoms with Gasteiger partial charge < -0.3 is 10.3 Å². The Morgan fingerprint density at radius 3 is 2.93 bits per heavy atom. The standard InChI is InChI=1S/C11H12IN3/c1-2-11-14-5-6-15(11)10-4-3-8(12)7-9(10)13/h3-7H,2,13H2,1H3. The van der Waals surface area contributed by atoms with Gasteiger partial charge in [-0.2, -0.15) is 0 Å². The molecule has 3 nitrogen and oxygen atoms in total. The monoisotopic (exact) mass is 313 g/mol. The fourth-order valence-corrected chi connectivity index (χ4v) is 2.08. The lowest BCUT2D eigenvalue weighted by Crippen LogP contribution is -2.03. The molecule has 2 N–H and O–H groups in total. The maximum Gasteiger partial charge on any atom is 0.112 e. The molecule has 0 radical (unpaired) electrons. The zero-order valence-corrected chi connectivity index (χ0v) is 10.6. The summed E-state index contributed by atoms with van der Waals surface area (Å²) in [4.78, 5) is 4.28. The zero-order chi connectivity index (χ0) is 10.8. The van der Waals surface area contributed by atoms with Crippen molar-refractivity contribution in [1.82, 2.24) is 9.55 Å². The summed E-state index contributed by atoms with van der Waals surface area (Å²) >= 11 is 2.25. The summed E-state index contributed by atoms with van der Waals surface area (Å²) in [6, 6.07) is 6.04. The van der Waals surface area contributed by atoms with E-state index in [1.54, 1.807) is 6.20 Å². The van der Waals surface area contributed by atoms with Gasteiger partial charge in [-0.05, 0) is 40.8 Å². The SMILES string of the molecule is CCc1nccn1-c1ccc(I)cc1N. The number of hydrogen-bond donors (Lipinski definition) is 1. The summed E-state index contributed by atoms with van der Waals surface area (Å²) in [6.45, 7) is 2.09. The second-order valence-corrected chi connectivity index (χ2v) is 4.52. The summed E-state index contributed by atoms with van der Waals surface area (Å²) in [5.41, 5.74) is 7.77. The van der Waals surface area contributed by atoms with E-state index in [0.717, 1.165) is 27.2 Å². The van der Waals surface area contributed by atoms with Crippen molar-refractivity contribution in [3.8, 4) is 5.69 Å². The molecular weight excluding hydrogens is 301 g/mol. The molecule has 0 spiro atoms. The predicted molar refractivity (Wildman–Crippen MR) is 70.1 cm³/mol. The van der Waals surface area contributed by atoms with Gasteiger partial charge in [0.25, 0.3) is 0 Å². The van der Waals surface area contributed by atoms with Crippen LogP contribution >= 0.6 is 22.6 Å². The first kappa shape index (κ1) is 10.5. The van der Waals surface area contributed by atoms with Crippen LogP contribution in [0.4, 0.5) is 5.69 Å². The average Bonchev–Trinajstić information content (AvgIpc) is 2.65. The van der Waals surface area contributed by atoms with Crippen molar-refractivity contribution in [2.45, 2.75) is 13.3 Å². The van der Waals surface area contributed by atoms with E-state index in [1.807, 2.05) is 29.0 Å². The Labute approximate surface area is 102 Å². The molecule has 2 rings (SSSR count). The summed E-state index contributed by atoms with van der Waals surface area (Å²) in [7, 11) is 0. The van der Waals surface area contributed by atoms with Crippen LogP contribution in [0.15, 0.2) is 30.6 Å². The minimum Gasteiger partial charge on any atom is -0.397 e. The van der Waals surface area contributed by atoms with E-state index in [4.69, 9.17) is 5.73 Å². The van der Waals surface area contributed by atoms with Crippen molar-refractivity contribution in [3.63, 3.8) is 0 Å². The van der Waals surface area contributed by atoms with Crippen molar-refractivity contribution in [2.75, 3.05) is 5.73 Å². The molecule has 15 heavy (non-hydrogen) atoms. The lowest BCUT2D eigenvalue weighted by atomic mass is 10.2. The molecule has 0 saturated carbocycles. The first-order chi connectivity index (χ1) is 7.22. The van der Waals surface area contributed by atoms with Gasteiger partial charge in [-0.3, -0.25) is 0 Å². The number of nitrogens with zero attached hydrogens (tertiary/aromatic N) is 2. The van der Waals surface area contributed by atoms with E-state index < -0.39 is 0 Å². The van der Waals surface area contributed by atoms with Gasteiger partial charge in [-0.15, -0.1) is 0 Å². The van der Waals surface area contributed by atoms with Crippen LogP contribution in [0.5, 0.6) is 0 Å². The fourth-order valence-electron chi connectivity index (χ4n) is 1.56. The molecule has 0 atom stereocenters. The molecule has 1 heterocycles. The van der Waals surface area contributed by atoms with Crippen LogP contribution in [0, 0.1) is 3.57 Å². The van der Waals surface area contributed by atoms with E-state index in [-0.39, 0.29) is 0 Å². The number of nitrogen functional groups attached to an aromatic ring is 1. The van der Waals surface area contributed by atoms with Crippen molar-refractivity contribution in [1.29, 1.82) is 0 Å². The van der Waals surface area contributed by atoms with Crippen LogP contribution < -0.4 is 5.73 Å². The normalized spacial score (nSPS) is 10.5. The molecule has 0 unspecified atom stereocenters. The molecule has 4 heteroatoms. The third kappa shape index (κ3) is 1.99. The van der Waals surface area contributed by atoms with Crippen LogP contribution in [-0.4, -0.2) is 9.55 Å². The van der Waals surface area contributed by atoms with Crippen LogP contribution in [0.1, 0.15) is 12.7 Å². The second kappa shape index (κ2) is 4.22.